The average Bonchev–Trinajstić information content (AvgIpc) is 2.40. The molecule has 1 saturated carbocycles. The Balaban J connectivity index is 1.89. The van der Waals surface area contributed by atoms with Gasteiger partial charge in [-0.1, -0.05) is 13.8 Å². The Morgan fingerprint density at radius 2 is 1.89 bits per heavy atom. The molecule has 1 heterocycles. The van der Waals surface area contributed by atoms with Crippen LogP contribution in [0.2, 0.25) is 0 Å². The van der Waals surface area contributed by atoms with Crippen LogP contribution in [0.4, 0.5) is 0 Å². The molecular formula is C15H29NO3. The number of ether oxygens (including phenoxy) is 2. The topological polar surface area (TPSA) is 50.7 Å². The molecule has 0 amide bonds. The fourth-order valence-corrected chi connectivity index (χ4v) is 3.80. The van der Waals surface area contributed by atoms with Gasteiger partial charge in [0.25, 0.3) is 0 Å². The molecule has 0 aromatic carbocycles. The first-order valence-electron chi connectivity index (χ1n) is 7.66. The van der Waals surface area contributed by atoms with Crippen LogP contribution in [0, 0.1) is 5.41 Å². The molecule has 1 aliphatic heterocycles. The van der Waals surface area contributed by atoms with Crippen LogP contribution >= 0.6 is 0 Å². The van der Waals surface area contributed by atoms with Crippen molar-refractivity contribution in [2.24, 2.45) is 5.41 Å². The van der Waals surface area contributed by atoms with Gasteiger partial charge in [0.2, 0.25) is 0 Å². The van der Waals surface area contributed by atoms with Gasteiger partial charge >= 0.3 is 0 Å². The molecule has 0 aromatic heterocycles. The van der Waals surface area contributed by atoms with Crippen LogP contribution in [0.1, 0.15) is 46.0 Å². The van der Waals surface area contributed by atoms with Crippen molar-refractivity contribution in [3.8, 4) is 0 Å². The van der Waals surface area contributed by atoms with E-state index in [-0.39, 0.29) is 5.41 Å². The molecule has 0 aromatic rings. The van der Waals surface area contributed by atoms with Crippen LogP contribution in [0.3, 0.4) is 0 Å². The van der Waals surface area contributed by atoms with Crippen molar-refractivity contribution in [1.82, 2.24) is 5.32 Å². The second-order valence-corrected chi connectivity index (χ2v) is 6.17. The van der Waals surface area contributed by atoms with Gasteiger partial charge in [-0.3, -0.25) is 0 Å². The van der Waals surface area contributed by atoms with Crippen molar-refractivity contribution in [2.45, 2.75) is 63.7 Å². The molecule has 0 spiro atoms. The maximum atomic E-state index is 10.5. The molecule has 19 heavy (non-hydrogen) atoms. The quantitative estimate of drug-likeness (QED) is 0.772. The van der Waals surface area contributed by atoms with Crippen LogP contribution in [0.25, 0.3) is 0 Å². The lowest BCUT2D eigenvalue weighted by molar-refractivity contribution is -0.132. The van der Waals surface area contributed by atoms with Crippen LogP contribution in [-0.4, -0.2) is 49.7 Å². The summed E-state index contributed by atoms with van der Waals surface area (Å²) in [6.07, 6.45) is 5.16. The lowest BCUT2D eigenvalue weighted by atomic mass is 9.58. The summed E-state index contributed by atoms with van der Waals surface area (Å²) in [6.45, 7) is 6.52. The third-order valence-electron chi connectivity index (χ3n) is 5.49. The molecule has 2 rings (SSSR count). The number of hydrogen-bond donors (Lipinski definition) is 2. The molecule has 2 N–H and O–H groups in total. The molecule has 0 bridgehead atoms. The predicted molar refractivity (Wildman–Crippen MR) is 75.2 cm³/mol. The molecule has 112 valence electrons. The van der Waals surface area contributed by atoms with Crippen molar-refractivity contribution in [2.75, 3.05) is 26.9 Å². The molecule has 4 nitrogen and oxygen atoms in total. The molecule has 1 saturated heterocycles. The highest BCUT2D eigenvalue weighted by Crippen LogP contribution is 2.48. The van der Waals surface area contributed by atoms with Crippen molar-refractivity contribution < 1.29 is 14.6 Å². The number of rotatable bonds is 6. The van der Waals surface area contributed by atoms with Gasteiger partial charge < -0.3 is 19.9 Å². The zero-order valence-corrected chi connectivity index (χ0v) is 12.6. The first kappa shape index (κ1) is 15.2. The van der Waals surface area contributed by atoms with Gasteiger partial charge in [-0.15, -0.1) is 0 Å². The van der Waals surface area contributed by atoms with E-state index in [1.165, 1.54) is 0 Å². The summed E-state index contributed by atoms with van der Waals surface area (Å²) in [4.78, 5) is 0. The second kappa shape index (κ2) is 6.08. The third-order valence-corrected chi connectivity index (χ3v) is 5.49. The van der Waals surface area contributed by atoms with E-state index in [4.69, 9.17) is 9.47 Å². The normalized spacial score (nSPS) is 32.8. The highest BCUT2D eigenvalue weighted by atomic mass is 16.5. The van der Waals surface area contributed by atoms with Gasteiger partial charge in [0, 0.05) is 51.2 Å². The minimum absolute atomic E-state index is 0.246. The third kappa shape index (κ3) is 2.82. The van der Waals surface area contributed by atoms with Crippen molar-refractivity contribution in [1.29, 1.82) is 0 Å². The van der Waals surface area contributed by atoms with Crippen molar-refractivity contribution in [3.63, 3.8) is 0 Å². The van der Waals surface area contributed by atoms with E-state index >= 15 is 0 Å². The Morgan fingerprint density at radius 3 is 2.42 bits per heavy atom. The molecule has 2 atom stereocenters. The monoisotopic (exact) mass is 271 g/mol. The Labute approximate surface area is 116 Å². The Hall–Kier alpha value is -0.160. The summed E-state index contributed by atoms with van der Waals surface area (Å²) < 4.78 is 10.9. The first-order valence-corrected chi connectivity index (χ1v) is 7.66. The lowest BCUT2D eigenvalue weighted by Crippen LogP contribution is -2.65. The van der Waals surface area contributed by atoms with Crippen LogP contribution in [-0.2, 0) is 9.47 Å². The van der Waals surface area contributed by atoms with E-state index in [2.05, 4.69) is 19.2 Å². The van der Waals surface area contributed by atoms with E-state index in [1.807, 2.05) is 7.11 Å². The summed E-state index contributed by atoms with van der Waals surface area (Å²) in [5.41, 5.74) is -0.333. The maximum absolute atomic E-state index is 10.5. The Kier molecular flexibility index (Phi) is 4.88. The van der Waals surface area contributed by atoms with E-state index in [1.54, 1.807) is 0 Å². The highest BCUT2D eigenvalue weighted by Gasteiger charge is 2.53. The van der Waals surface area contributed by atoms with Gasteiger partial charge in [-0.05, 0) is 19.3 Å². The Morgan fingerprint density at radius 1 is 1.26 bits per heavy atom. The number of aliphatic hydroxyl groups is 1. The Bertz CT molecular complexity index is 285. The number of methoxy groups -OCH3 is 1. The molecule has 2 fully saturated rings. The van der Waals surface area contributed by atoms with E-state index in [9.17, 15) is 5.11 Å². The van der Waals surface area contributed by atoms with E-state index in [0.29, 0.717) is 31.9 Å². The van der Waals surface area contributed by atoms with Crippen LogP contribution < -0.4 is 5.32 Å². The SMILES string of the molecule is CCC1(CC)C(NCC2(O)CCOCC2)CC1OC. The molecule has 0 radical (unpaired) electrons. The van der Waals surface area contributed by atoms with E-state index < -0.39 is 5.60 Å². The summed E-state index contributed by atoms with van der Waals surface area (Å²) in [6, 6.07) is 0.472. The van der Waals surface area contributed by atoms with Gasteiger partial charge in [-0.25, -0.2) is 0 Å². The lowest BCUT2D eigenvalue weighted by Gasteiger charge is -2.56. The number of nitrogens with one attached hydrogen (secondary N) is 1. The van der Waals surface area contributed by atoms with Gasteiger partial charge in [-0.2, -0.15) is 0 Å². The molecule has 2 unspecified atom stereocenters. The standard InChI is InChI=1S/C15H29NO3/c1-4-15(5-2)12(10-13(15)18-3)16-11-14(17)6-8-19-9-7-14/h12-13,16-17H,4-11H2,1-3H3. The van der Waals surface area contributed by atoms with Crippen molar-refractivity contribution in [3.05, 3.63) is 0 Å². The van der Waals surface area contributed by atoms with E-state index in [0.717, 1.165) is 32.1 Å². The maximum Gasteiger partial charge on any atom is 0.0815 e. The fraction of sp³-hybridized carbons (Fsp3) is 1.00. The highest BCUT2D eigenvalue weighted by molar-refractivity contribution is 5.07. The van der Waals surface area contributed by atoms with Crippen molar-refractivity contribution >= 4 is 0 Å². The largest absolute Gasteiger partial charge is 0.388 e. The summed E-state index contributed by atoms with van der Waals surface area (Å²) >= 11 is 0. The van der Waals surface area contributed by atoms with Crippen LogP contribution in [0.5, 0.6) is 0 Å². The fourth-order valence-electron chi connectivity index (χ4n) is 3.80. The summed E-state index contributed by atoms with van der Waals surface area (Å²) in [7, 11) is 1.81. The van der Waals surface area contributed by atoms with Crippen LogP contribution in [0.15, 0.2) is 0 Å². The van der Waals surface area contributed by atoms with Gasteiger partial charge in [0.1, 0.15) is 0 Å². The zero-order chi connectivity index (χ0) is 13.9. The minimum Gasteiger partial charge on any atom is -0.388 e. The van der Waals surface area contributed by atoms with Gasteiger partial charge in [0.15, 0.2) is 0 Å². The molecule has 4 heteroatoms. The zero-order valence-electron chi connectivity index (χ0n) is 12.6. The first-order chi connectivity index (χ1) is 9.10. The smallest absolute Gasteiger partial charge is 0.0815 e. The average molecular weight is 271 g/mol. The molecule has 2 aliphatic rings. The minimum atomic E-state index is -0.580. The number of hydrogen-bond acceptors (Lipinski definition) is 4. The molecular weight excluding hydrogens is 242 g/mol. The summed E-state index contributed by atoms with van der Waals surface area (Å²) in [5, 5.41) is 14.1. The second-order valence-electron chi connectivity index (χ2n) is 6.17. The summed E-state index contributed by atoms with van der Waals surface area (Å²) in [5.74, 6) is 0. The van der Waals surface area contributed by atoms with Gasteiger partial charge in [0.05, 0.1) is 11.7 Å². The molecule has 1 aliphatic carbocycles. The predicted octanol–water partition coefficient (Wildman–Crippen LogP) is 1.71.